The van der Waals surface area contributed by atoms with Gasteiger partial charge in [0.15, 0.2) is 0 Å². The molecular formula is C18H16N2OS3. The van der Waals surface area contributed by atoms with E-state index in [4.69, 9.17) is 10.7 Å². The molecule has 0 spiro atoms. The Morgan fingerprint density at radius 1 is 1.33 bits per heavy atom. The van der Waals surface area contributed by atoms with Gasteiger partial charge in [-0.2, -0.15) is 0 Å². The summed E-state index contributed by atoms with van der Waals surface area (Å²) in [5.41, 5.74) is 10.2. The molecule has 0 aliphatic heterocycles. The molecule has 2 N–H and O–H groups in total. The SMILES string of the molecule is CS(=O)c1sc2nc(-c3cccs3)cc(C3=CCCC=C3)c2c1N. The normalized spacial score (nSPS) is 15.6. The molecule has 3 heterocycles. The predicted octanol–water partition coefficient (Wildman–Crippen LogP) is 5.08. The molecule has 3 aromatic heterocycles. The summed E-state index contributed by atoms with van der Waals surface area (Å²) >= 11 is 3.11. The predicted molar refractivity (Wildman–Crippen MR) is 106 cm³/mol. The summed E-state index contributed by atoms with van der Waals surface area (Å²) < 4.78 is 12.7. The Hall–Kier alpha value is -1.76. The van der Waals surface area contributed by atoms with E-state index < -0.39 is 10.8 Å². The Kier molecular flexibility index (Phi) is 4.12. The maximum absolute atomic E-state index is 12.0. The quantitative estimate of drug-likeness (QED) is 0.698. The van der Waals surface area contributed by atoms with Crippen LogP contribution < -0.4 is 5.73 Å². The van der Waals surface area contributed by atoms with Crippen LogP contribution in [0.15, 0.2) is 46.0 Å². The van der Waals surface area contributed by atoms with E-state index in [0.717, 1.165) is 39.2 Å². The van der Waals surface area contributed by atoms with Gasteiger partial charge in [-0.3, -0.25) is 4.21 Å². The van der Waals surface area contributed by atoms with E-state index in [2.05, 4.69) is 35.7 Å². The summed E-state index contributed by atoms with van der Waals surface area (Å²) in [6.45, 7) is 0. The number of rotatable bonds is 3. The van der Waals surface area contributed by atoms with Gasteiger partial charge in [0, 0.05) is 11.6 Å². The third kappa shape index (κ3) is 2.64. The molecule has 6 heteroatoms. The number of nitrogens with two attached hydrogens (primary N) is 1. The lowest BCUT2D eigenvalue weighted by Gasteiger charge is -2.11. The fourth-order valence-electron chi connectivity index (χ4n) is 2.91. The van der Waals surface area contributed by atoms with Crippen LogP contribution in [0.1, 0.15) is 18.4 Å². The van der Waals surface area contributed by atoms with Crippen LogP contribution in [0.25, 0.3) is 26.4 Å². The van der Waals surface area contributed by atoms with Gasteiger partial charge in [-0.1, -0.05) is 24.3 Å². The van der Waals surface area contributed by atoms with Gasteiger partial charge in [0.2, 0.25) is 0 Å². The fourth-order valence-corrected chi connectivity index (χ4v) is 5.56. The highest BCUT2D eigenvalue weighted by molar-refractivity contribution is 7.87. The van der Waals surface area contributed by atoms with E-state index in [9.17, 15) is 4.21 Å². The molecule has 0 radical (unpaired) electrons. The number of hydrogen-bond donors (Lipinski definition) is 1. The molecule has 24 heavy (non-hydrogen) atoms. The number of nitrogens with zero attached hydrogens (tertiary/aromatic N) is 1. The van der Waals surface area contributed by atoms with Crippen molar-refractivity contribution in [1.29, 1.82) is 0 Å². The van der Waals surface area contributed by atoms with Crippen molar-refractivity contribution >= 4 is 55.0 Å². The lowest BCUT2D eigenvalue weighted by molar-refractivity contribution is 0.688. The Bertz CT molecular complexity index is 997. The molecule has 0 aromatic carbocycles. The van der Waals surface area contributed by atoms with Gasteiger partial charge in [-0.05, 0) is 41.5 Å². The summed E-state index contributed by atoms with van der Waals surface area (Å²) in [6, 6.07) is 6.21. The number of anilines is 1. The molecule has 1 aliphatic rings. The van der Waals surface area contributed by atoms with Crippen LogP contribution in [-0.4, -0.2) is 15.4 Å². The Morgan fingerprint density at radius 2 is 2.21 bits per heavy atom. The zero-order chi connectivity index (χ0) is 16.7. The van der Waals surface area contributed by atoms with Gasteiger partial charge >= 0.3 is 0 Å². The third-order valence-corrected chi connectivity index (χ3v) is 7.49. The van der Waals surface area contributed by atoms with Crippen molar-refractivity contribution in [1.82, 2.24) is 4.98 Å². The highest BCUT2D eigenvalue weighted by atomic mass is 32.2. The second-order valence-electron chi connectivity index (χ2n) is 5.61. The van der Waals surface area contributed by atoms with Crippen LogP contribution in [0, 0.1) is 0 Å². The zero-order valence-electron chi connectivity index (χ0n) is 13.1. The van der Waals surface area contributed by atoms with Gasteiger partial charge in [-0.25, -0.2) is 4.98 Å². The minimum absolute atomic E-state index is 0.607. The number of allylic oxidation sites excluding steroid dienone is 4. The zero-order valence-corrected chi connectivity index (χ0v) is 15.6. The molecule has 0 amide bonds. The standard InChI is InChI=1S/C18H16N2OS3/c1-24(21)18-16(19)15-12(11-6-3-2-4-7-11)10-13(20-17(15)23-18)14-8-5-9-22-14/h3,5-10H,2,4,19H2,1H3. The van der Waals surface area contributed by atoms with Crippen molar-refractivity contribution in [2.24, 2.45) is 0 Å². The molecule has 122 valence electrons. The molecule has 0 saturated carbocycles. The minimum Gasteiger partial charge on any atom is -0.396 e. The summed E-state index contributed by atoms with van der Waals surface area (Å²) in [5, 5.41) is 2.99. The van der Waals surface area contributed by atoms with E-state index in [1.807, 2.05) is 6.07 Å². The molecule has 4 rings (SSSR count). The molecule has 3 aromatic rings. The van der Waals surface area contributed by atoms with Gasteiger partial charge < -0.3 is 5.73 Å². The van der Waals surface area contributed by atoms with Gasteiger partial charge in [0.1, 0.15) is 9.04 Å². The largest absolute Gasteiger partial charge is 0.396 e. The van der Waals surface area contributed by atoms with Crippen molar-refractivity contribution < 1.29 is 4.21 Å². The average Bonchev–Trinajstić information content (AvgIpc) is 3.23. The first-order valence-electron chi connectivity index (χ1n) is 7.62. The third-order valence-electron chi connectivity index (χ3n) is 4.01. The first kappa shape index (κ1) is 15.7. The number of aromatic nitrogens is 1. The second kappa shape index (κ2) is 6.27. The van der Waals surface area contributed by atoms with Crippen LogP contribution >= 0.6 is 22.7 Å². The molecule has 1 unspecified atom stereocenters. The van der Waals surface area contributed by atoms with Crippen LogP contribution in [-0.2, 0) is 10.8 Å². The summed E-state index contributed by atoms with van der Waals surface area (Å²) in [6.07, 6.45) is 10.3. The summed E-state index contributed by atoms with van der Waals surface area (Å²) in [7, 11) is -1.11. The second-order valence-corrected chi connectivity index (χ2v) is 9.13. The Balaban J connectivity index is 2.04. The van der Waals surface area contributed by atoms with Crippen molar-refractivity contribution in [2.75, 3.05) is 12.0 Å². The molecule has 1 atom stereocenters. The number of fused-ring (bicyclic) bond motifs is 1. The van der Waals surface area contributed by atoms with E-state index in [1.54, 1.807) is 17.6 Å². The van der Waals surface area contributed by atoms with Gasteiger partial charge in [0.05, 0.1) is 27.1 Å². The number of pyridine rings is 1. The van der Waals surface area contributed by atoms with E-state index in [0.29, 0.717) is 9.90 Å². The van der Waals surface area contributed by atoms with Crippen molar-refractivity contribution in [3.63, 3.8) is 0 Å². The number of nitrogen functional groups attached to an aromatic ring is 1. The Morgan fingerprint density at radius 3 is 2.88 bits per heavy atom. The van der Waals surface area contributed by atoms with E-state index >= 15 is 0 Å². The monoisotopic (exact) mass is 372 g/mol. The van der Waals surface area contributed by atoms with E-state index in [1.165, 1.54) is 16.9 Å². The average molecular weight is 373 g/mol. The minimum atomic E-state index is -1.11. The maximum Gasteiger partial charge on any atom is 0.127 e. The lowest BCUT2D eigenvalue weighted by Crippen LogP contribution is -1.95. The van der Waals surface area contributed by atoms with Gasteiger partial charge in [-0.15, -0.1) is 22.7 Å². The molecule has 0 bridgehead atoms. The molecule has 0 fully saturated rings. The fraction of sp³-hybridized carbons (Fsp3) is 0.167. The highest BCUT2D eigenvalue weighted by Crippen LogP contribution is 2.42. The van der Waals surface area contributed by atoms with Crippen molar-refractivity contribution in [2.45, 2.75) is 17.1 Å². The summed E-state index contributed by atoms with van der Waals surface area (Å²) in [5.74, 6) is 0. The maximum atomic E-state index is 12.0. The first-order chi connectivity index (χ1) is 11.6. The van der Waals surface area contributed by atoms with Crippen LogP contribution in [0.5, 0.6) is 0 Å². The molecular weight excluding hydrogens is 356 g/mol. The first-order valence-corrected chi connectivity index (χ1v) is 10.9. The molecule has 1 aliphatic carbocycles. The van der Waals surface area contributed by atoms with Gasteiger partial charge in [0.25, 0.3) is 0 Å². The molecule has 3 nitrogen and oxygen atoms in total. The topological polar surface area (TPSA) is 56.0 Å². The smallest absolute Gasteiger partial charge is 0.127 e. The van der Waals surface area contributed by atoms with Crippen LogP contribution in [0.4, 0.5) is 5.69 Å². The highest BCUT2D eigenvalue weighted by Gasteiger charge is 2.20. The van der Waals surface area contributed by atoms with E-state index in [-0.39, 0.29) is 0 Å². The number of hydrogen-bond acceptors (Lipinski definition) is 5. The Labute approximate surface area is 151 Å². The summed E-state index contributed by atoms with van der Waals surface area (Å²) in [4.78, 5) is 6.79. The van der Waals surface area contributed by atoms with Crippen LogP contribution in [0.3, 0.4) is 0 Å². The molecule has 0 saturated heterocycles. The van der Waals surface area contributed by atoms with Crippen molar-refractivity contribution in [3.05, 3.63) is 47.4 Å². The van der Waals surface area contributed by atoms with Crippen molar-refractivity contribution in [3.8, 4) is 10.6 Å². The lowest BCUT2D eigenvalue weighted by atomic mass is 9.97. The van der Waals surface area contributed by atoms with Crippen LogP contribution in [0.2, 0.25) is 0 Å². The number of thiophene rings is 2.